The molecule has 0 saturated carbocycles. The summed E-state index contributed by atoms with van der Waals surface area (Å²) in [6.45, 7) is 2.46. The molecule has 474 valence electrons. The van der Waals surface area contributed by atoms with Gasteiger partial charge in [-0.25, -0.2) is 18.5 Å². The lowest BCUT2D eigenvalue weighted by molar-refractivity contribution is -0.234. The highest BCUT2D eigenvalue weighted by molar-refractivity contribution is 7.47. The molecule has 0 bridgehead atoms. The first-order chi connectivity index (χ1) is 39.4. The van der Waals surface area contributed by atoms with Gasteiger partial charge in [0.25, 0.3) is 7.82 Å². The molecular weight excluding hydrogens is 1110 g/mol. The summed E-state index contributed by atoms with van der Waals surface area (Å²) in [5.74, 6) is -0.815. The predicted octanol–water partition coefficient (Wildman–Crippen LogP) is 9.99. The first-order valence-corrected chi connectivity index (χ1v) is 34.1. The molecule has 0 radical (unpaired) electrons. The number of halogens is 1. The van der Waals surface area contributed by atoms with Gasteiger partial charge in [-0.05, 0) is 18.9 Å². The van der Waals surface area contributed by atoms with Gasteiger partial charge in [-0.3, -0.25) is 22.7 Å². The Labute approximate surface area is 485 Å². The van der Waals surface area contributed by atoms with Gasteiger partial charge in [0.05, 0.1) is 38.2 Å². The van der Waals surface area contributed by atoms with Crippen LogP contribution in [0.15, 0.2) is 28.0 Å². The van der Waals surface area contributed by atoms with Crippen molar-refractivity contribution in [1.29, 1.82) is 0 Å². The number of unbranched alkanes of at least 4 members (excludes halogenated alkanes) is 30. The van der Waals surface area contributed by atoms with E-state index in [1.807, 2.05) is 0 Å². The average Bonchev–Trinajstić information content (AvgIpc) is 2.49. The number of ether oxygens (including phenoxy) is 2. The summed E-state index contributed by atoms with van der Waals surface area (Å²) in [6, 6.07) is 1.43. The summed E-state index contributed by atoms with van der Waals surface area (Å²) in [5.41, 5.74) is -4.17. The van der Waals surface area contributed by atoms with E-state index < -0.39 is 108 Å². The zero-order chi connectivity index (χ0) is 59.6. The molecule has 82 heavy (non-hydrogen) atoms. The number of aromatic nitrogens is 4. The topological polar surface area (TPSA) is 319 Å². The second kappa shape index (κ2) is 39.9. The zero-order valence-electron chi connectivity index (χ0n) is 49.2. The van der Waals surface area contributed by atoms with Crippen molar-refractivity contribution in [3.8, 4) is 0 Å². The molecule has 4 rings (SSSR count). The molecule has 10 atom stereocenters. The Hall–Kier alpha value is -2.73. The standard InChI is InChI=1S/C57H103FN6O16P2/c1-3-5-7-9-11-13-15-17-19-21-23-25-27-29-31-33-36-59-49-35-38-63(55(69)61-49)54-51(68)52(80-81(71,72)73)57(44-65,79-54)40-45(66)42-76-82(74,75)77-43-48-47(67)39-50(78-48)64-41-46(58)53(62-56(64)70)60-37-34-32-30-28-26-24-22-20-18-16-14-12-10-8-6-4-2/h35,38,41,45,47-48,50-52,54,65-68H,3-34,36-37,39-40,42-44H2,1-2H3,(H,74,75)(H,59,61,69)(H,60,62,70)(H2,71,72,73)/p-1. The minimum atomic E-state index is -5.69. The quantitative estimate of drug-likeness (QED) is 0.0226. The Morgan fingerprint density at radius 2 is 1.18 bits per heavy atom. The second-order valence-corrected chi connectivity index (χ2v) is 25.3. The fourth-order valence-corrected chi connectivity index (χ4v) is 12.2. The molecule has 0 aromatic carbocycles. The average molecular weight is 1210 g/mol. The van der Waals surface area contributed by atoms with Crippen LogP contribution in [0.25, 0.3) is 0 Å². The molecule has 2 saturated heterocycles. The van der Waals surface area contributed by atoms with Crippen molar-refractivity contribution in [2.45, 2.75) is 281 Å². The summed E-state index contributed by atoms with van der Waals surface area (Å²) < 4.78 is 68.0. The van der Waals surface area contributed by atoms with Gasteiger partial charge in [-0.2, -0.15) is 9.97 Å². The molecule has 10 unspecified atom stereocenters. The summed E-state index contributed by atoms with van der Waals surface area (Å²) in [7, 11) is -10.8. The van der Waals surface area contributed by atoms with E-state index in [-0.39, 0.29) is 18.1 Å². The smallest absolute Gasteiger partial charge is 0.472 e. The molecule has 22 nitrogen and oxygen atoms in total. The molecule has 0 spiro atoms. The van der Waals surface area contributed by atoms with Crippen LogP contribution < -0.4 is 26.9 Å². The molecule has 2 aliphatic heterocycles. The number of aliphatic hydroxyl groups excluding tert-OH is 4. The molecule has 0 aliphatic carbocycles. The van der Waals surface area contributed by atoms with Crippen molar-refractivity contribution in [1.82, 2.24) is 19.1 Å². The van der Waals surface area contributed by atoms with Crippen LogP contribution in [0, 0.1) is 5.82 Å². The predicted molar refractivity (Wildman–Crippen MR) is 311 cm³/mol. The number of phosphoric acid groups is 2. The van der Waals surface area contributed by atoms with Crippen LogP contribution in [0.4, 0.5) is 16.0 Å². The van der Waals surface area contributed by atoms with Crippen molar-refractivity contribution in [3.63, 3.8) is 0 Å². The molecule has 25 heteroatoms. The lowest BCUT2D eigenvalue weighted by Crippen LogP contribution is -2.50. The highest BCUT2D eigenvalue weighted by atomic mass is 31.2. The lowest BCUT2D eigenvalue weighted by atomic mass is 9.90. The minimum absolute atomic E-state index is 0.218. The van der Waals surface area contributed by atoms with Gasteiger partial charge in [0.2, 0.25) is 0 Å². The van der Waals surface area contributed by atoms with Crippen LogP contribution in [0.3, 0.4) is 0 Å². The number of rotatable bonds is 49. The van der Waals surface area contributed by atoms with Crippen molar-refractivity contribution >= 4 is 27.3 Å². The summed E-state index contributed by atoms with van der Waals surface area (Å²) in [4.78, 5) is 66.2. The van der Waals surface area contributed by atoms with E-state index in [1.54, 1.807) is 0 Å². The monoisotopic (exact) mass is 1210 g/mol. The Morgan fingerprint density at radius 3 is 1.65 bits per heavy atom. The number of hydrogen-bond donors (Lipinski definition) is 8. The normalized spacial score (nSPS) is 22.8. The lowest BCUT2D eigenvalue weighted by Gasteiger charge is -2.36. The Kier molecular flexibility index (Phi) is 34.9. The van der Waals surface area contributed by atoms with Gasteiger partial charge in [0.1, 0.15) is 36.0 Å². The first-order valence-electron chi connectivity index (χ1n) is 31.1. The van der Waals surface area contributed by atoms with Crippen LogP contribution in [0.2, 0.25) is 0 Å². The Morgan fingerprint density at radius 1 is 0.720 bits per heavy atom. The Bertz CT molecular complexity index is 2270. The number of nitrogens with zero attached hydrogens (tertiary/aromatic N) is 4. The third kappa shape index (κ3) is 27.3. The molecule has 2 aromatic rings. The molecule has 8 N–H and O–H groups in total. The third-order valence-electron chi connectivity index (χ3n) is 15.6. The number of hydrogen-bond acceptors (Lipinski definition) is 18. The molecular formula is C57H102FN6O16P2-. The fourth-order valence-electron chi connectivity index (χ4n) is 10.8. The van der Waals surface area contributed by atoms with E-state index in [0.29, 0.717) is 13.1 Å². The van der Waals surface area contributed by atoms with Crippen molar-refractivity contribution in [3.05, 3.63) is 45.2 Å². The second-order valence-electron chi connectivity index (χ2n) is 22.7. The van der Waals surface area contributed by atoms with E-state index >= 15 is 4.39 Å². The molecule has 2 aliphatic rings. The van der Waals surface area contributed by atoms with E-state index in [9.17, 15) is 53.8 Å². The summed E-state index contributed by atoms with van der Waals surface area (Å²) >= 11 is 0. The highest BCUT2D eigenvalue weighted by Crippen LogP contribution is 2.49. The Balaban J connectivity index is 1.16. The minimum Gasteiger partial charge on any atom is -0.756 e. The summed E-state index contributed by atoms with van der Waals surface area (Å²) in [6.07, 6.45) is 28.7. The van der Waals surface area contributed by atoms with Gasteiger partial charge in [-0.15, -0.1) is 0 Å². The fraction of sp³-hybridized carbons (Fsp3) is 0.860. The SMILES string of the molecule is CCCCCCCCCCCCCCCCCCNc1ccn(C2OC(CO)(CC(O)COP(=O)(O)OCC3OC(n4cc(F)c(NCCCCCCCCCCCCCCCCCC)nc4=O)CC3O)C(OP(=O)([O-])O)C2O)c(=O)n1. The molecule has 4 heterocycles. The largest absolute Gasteiger partial charge is 0.756 e. The van der Waals surface area contributed by atoms with Gasteiger partial charge in [-0.1, -0.05) is 206 Å². The van der Waals surface area contributed by atoms with Crippen LogP contribution in [-0.2, 0) is 32.2 Å². The number of phosphoric ester groups is 2. The van der Waals surface area contributed by atoms with Crippen molar-refractivity contribution in [2.75, 3.05) is 43.5 Å². The number of nitrogens with one attached hydrogen (secondary N) is 2. The number of aliphatic hydroxyl groups is 4. The summed E-state index contributed by atoms with van der Waals surface area (Å²) in [5, 5.41) is 49.5. The first kappa shape index (κ1) is 71.7. The van der Waals surface area contributed by atoms with Crippen LogP contribution in [-0.4, -0.2) is 118 Å². The van der Waals surface area contributed by atoms with Gasteiger partial charge in [0.15, 0.2) is 17.9 Å². The van der Waals surface area contributed by atoms with Crippen LogP contribution >= 0.6 is 15.6 Å². The molecule has 0 amide bonds. The van der Waals surface area contributed by atoms with E-state index in [4.69, 9.17) is 23.0 Å². The van der Waals surface area contributed by atoms with Gasteiger partial charge >= 0.3 is 19.2 Å². The molecule has 2 fully saturated rings. The van der Waals surface area contributed by atoms with Crippen molar-refractivity contribution in [2.24, 2.45) is 0 Å². The maximum Gasteiger partial charge on any atom is 0.472 e. The van der Waals surface area contributed by atoms with E-state index in [2.05, 4.69) is 34.4 Å². The zero-order valence-corrected chi connectivity index (χ0v) is 51.0. The van der Waals surface area contributed by atoms with Crippen LogP contribution in [0.1, 0.15) is 245 Å². The third-order valence-corrected chi connectivity index (χ3v) is 17.0. The van der Waals surface area contributed by atoms with E-state index in [1.165, 1.54) is 166 Å². The molecule has 2 aromatic heterocycles. The van der Waals surface area contributed by atoms with Gasteiger partial charge < -0.3 is 59.7 Å². The maximum atomic E-state index is 15.2. The van der Waals surface area contributed by atoms with Crippen LogP contribution in [0.5, 0.6) is 0 Å². The maximum absolute atomic E-state index is 15.2. The van der Waals surface area contributed by atoms with Gasteiger partial charge in [0, 0.05) is 32.1 Å². The number of anilines is 2. The van der Waals surface area contributed by atoms with Crippen molar-refractivity contribution < 1.29 is 71.7 Å². The highest BCUT2D eigenvalue weighted by Gasteiger charge is 2.58. The van der Waals surface area contributed by atoms with E-state index in [0.717, 1.165) is 66.7 Å².